The van der Waals surface area contributed by atoms with Crippen LogP contribution in [0.2, 0.25) is 0 Å². The molecule has 2 fully saturated rings. The highest BCUT2D eigenvalue weighted by Crippen LogP contribution is 2.79. The lowest BCUT2D eigenvalue weighted by Crippen LogP contribution is -2.89. The number of benzene rings is 1. The van der Waals surface area contributed by atoms with Gasteiger partial charge in [0.1, 0.15) is 0 Å². The predicted molar refractivity (Wildman–Crippen MR) is 74.8 cm³/mol. The molecule has 2 heterocycles. The van der Waals surface area contributed by atoms with E-state index in [2.05, 4.69) is 17.1 Å². The molecule has 6 heteroatoms. The van der Waals surface area contributed by atoms with E-state index in [1.165, 1.54) is 0 Å². The average molecular weight is 295 g/mol. The quantitative estimate of drug-likeness (QED) is 0.710. The molecule has 4 rings (SSSR count). The van der Waals surface area contributed by atoms with Crippen molar-refractivity contribution in [2.75, 3.05) is 13.2 Å². The zero-order chi connectivity index (χ0) is 15.6. The lowest BCUT2D eigenvalue weighted by Gasteiger charge is -2.23. The van der Waals surface area contributed by atoms with Crippen LogP contribution in [0.5, 0.6) is 0 Å². The van der Waals surface area contributed by atoms with Crippen molar-refractivity contribution in [1.82, 2.24) is 0 Å². The van der Waals surface area contributed by atoms with Gasteiger partial charge in [-0.1, -0.05) is 24.3 Å². The largest absolute Gasteiger partial charge is 0.343 e. The number of ether oxygens (including phenoxy) is 2. The fraction of sp³-hybridized carbons (Fsp3) is 0.438. The summed E-state index contributed by atoms with van der Waals surface area (Å²) >= 11 is 0. The molecule has 1 aromatic carbocycles. The molecule has 0 amide bonds. The summed E-state index contributed by atoms with van der Waals surface area (Å²) in [7, 11) is 0. The summed E-state index contributed by atoms with van der Waals surface area (Å²) in [6.07, 6.45) is 0. The number of aryl methyl sites for hydroxylation is 1. The van der Waals surface area contributed by atoms with Crippen LogP contribution in [0.3, 0.4) is 0 Å². The molecule has 0 radical (unpaired) electrons. The molecule has 1 aromatic rings. The normalized spacial score (nSPS) is 37.2. The Kier molecular flexibility index (Phi) is 2.33. The highest BCUT2D eigenvalue weighted by Gasteiger charge is 2.97. The van der Waals surface area contributed by atoms with Crippen LogP contribution in [0.15, 0.2) is 24.3 Å². The number of rotatable bonds is 1. The summed E-state index contributed by atoms with van der Waals surface area (Å²) in [6, 6.07) is 12.3. The monoisotopic (exact) mass is 295 g/mol. The van der Waals surface area contributed by atoms with Crippen molar-refractivity contribution in [3.8, 4) is 12.1 Å². The van der Waals surface area contributed by atoms with Gasteiger partial charge in [-0.15, -0.1) is 0 Å². The van der Waals surface area contributed by atoms with Gasteiger partial charge in [-0.2, -0.15) is 10.5 Å². The molecule has 1 saturated heterocycles. The van der Waals surface area contributed by atoms with Crippen molar-refractivity contribution in [3.63, 3.8) is 0 Å². The molecule has 0 unspecified atom stereocenters. The van der Waals surface area contributed by atoms with Gasteiger partial charge in [0.2, 0.25) is 0 Å². The number of amidine groups is 1. The maximum Gasteiger partial charge on any atom is 0.343 e. The Hall–Kier alpha value is -2.41. The van der Waals surface area contributed by atoms with Crippen LogP contribution in [0.25, 0.3) is 0 Å². The van der Waals surface area contributed by atoms with Gasteiger partial charge in [0.15, 0.2) is 10.8 Å². The van der Waals surface area contributed by atoms with E-state index < -0.39 is 16.7 Å². The smallest absolute Gasteiger partial charge is 0.311 e. The van der Waals surface area contributed by atoms with E-state index in [-0.39, 0.29) is 11.8 Å². The topological polar surface area (TPSA) is 106 Å². The van der Waals surface area contributed by atoms with E-state index >= 15 is 0 Å². The van der Waals surface area contributed by atoms with Crippen molar-refractivity contribution < 1.29 is 14.5 Å². The Morgan fingerprint density at radius 2 is 1.91 bits per heavy atom. The minimum absolute atomic E-state index is 0.256. The summed E-state index contributed by atoms with van der Waals surface area (Å²) in [6.45, 7) is 2.70. The first-order chi connectivity index (χ1) is 10.6. The van der Waals surface area contributed by atoms with E-state index in [9.17, 15) is 10.5 Å². The second-order valence-corrected chi connectivity index (χ2v) is 5.98. The second-order valence-electron chi connectivity index (χ2n) is 5.98. The molecule has 110 valence electrons. The van der Waals surface area contributed by atoms with E-state index in [0.717, 1.165) is 11.1 Å². The summed E-state index contributed by atoms with van der Waals surface area (Å²) < 4.78 is 11.5. The van der Waals surface area contributed by atoms with E-state index in [0.29, 0.717) is 13.2 Å². The molecule has 3 aliphatic rings. The molecule has 1 saturated carbocycles. The molecular formula is C16H15N4O2+. The molecule has 2 aliphatic heterocycles. The third-order valence-corrected chi connectivity index (χ3v) is 5.19. The molecule has 1 spiro atoms. The van der Waals surface area contributed by atoms with Crippen molar-refractivity contribution in [1.29, 1.82) is 10.5 Å². The number of nitrogens with one attached hydrogen (secondary N) is 1. The summed E-state index contributed by atoms with van der Waals surface area (Å²) in [5, 5.41) is 19.8. The molecule has 3 N–H and O–H groups in total. The Labute approximate surface area is 127 Å². The predicted octanol–water partition coefficient (Wildman–Crippen LogP) is -0.736. The lowest BCUT2D eigenvalue weighted by atomic mass is 9.93. The van der Waals surface area contributed by atoms with Crippen LogP contribution in [0, 0.1) is 40.4 Å². The van der Waals surface area contributed by atoms with Gasteiger partial charge in [0.25, 0.3) is 5.84 Å². The minimum Gasteiger partial charge on any atom is -0.311 e. The third kappa shape index (κ3) is 1.09. The van der Waals surface area contributed by atoms with Crippen LogP contribution >= 0.6 is 0 Å². The first kappa shape index (κ1) is 13.3. The second kappa shape index (κ2) is 3.86. The van der Waals surface area contributed by atoms with Crippen molar-refractivity contribution in [2.45, 2.75) is 18.8 Å². The van der Waals surface area contributed by atoms with Gasteiger partial charge in [0.05, 0.1) is 25.4 Å². The maximum atomic E-state index is 9.96. The lowest BCUT2D eigenvalue weighted by molar-refractivity contribution is -0.676. The van der Waals surface area contributed by atoms with Crippen LogP contribution in [-0.4, -0.2) is 25.0 Å². The van der Waals surface area contributed by atoms with Crippen LogP contribution in [-0.2, 0) is 9.47 Å². The SMILES string of the molecule is Cc1ccccc1[C@@H]1[C@]2(C#N)C(N)=[NH+]C3(OCCO3)[C@]12C#N. The van der Waals surface area contributed by atoms with Crippen molar-refractivity contribution in [2.24, 2.45) is 16.6 Å². The molecule has 0 aromatic heterocycles. The number of hydrogen-bond acceptors (Lipinski definition) is 5. The first-order valence-electron chi connectivity index (χ1n) is 7.16. The van der Waals surface area contributed by atoms with Gasteiger partial charge in [-0.3, -0.25) is 5.73 Å². The van der Waals surface area contributed by atoms with Crippen molar-refractivity contribution >= 4 is 5.84 Å². The standard InChI is InChI=1S/C16H14N4O2/c1-10-4-2-3-5-11(10)12-14(8-17)13(19)20-16(15(12,14)9-18)21-6-7-22-16/h2-5,12H,6-7H2,1H3,(H2,19,20)/p+1/t12-,14-,15-/m1/s1. The fourth-order valence-corrected chi connectivity index (χ4v) is 4.20. The minimum atomic E-state index is -1.32. The number of nitrogens with two attached hydrogens (primary N) is 1. The number of fused-ring (bicyclic) bond motifs is 2. The Morgan fingerprint density at radius 3 is 2.50 bits per heavy atom. The zero-order valence-electron chi connectivity index (χ0n) is 12.1. The Bertz CT molecular complexity index is 784. The summed E-state index contributed by atoms with van der Waals surface area (Å²) in [5.74, 6) is -1.43. The maximum absolute atomic E-state index is 9.96. The highest BCUT2D eigenvalue weighted by molar-refractivity contribution is 5.95. The van der Waals surface area contributed by atoms with E-state index in [1.807, 2.05) is 31.2 Å². The molecule has 22 heavy (non-hydrogen) atoms. The number of hydrogen-bond donors (Lipinski definition) is 2. The van der Waals surface area contributed by atoms with Crippen LogP contribution in [0.1, 0.15) is 17.0 Å². The zero-order valence-corrected chi connectivity index (χ0v) is 12.1. The van der Waals surface area contributed by atoms with Crippen LogP contribution in [0.4, 0.5) is 0 Å². The molecule has 6 nitrogen and oxygen atoms in total. The molecule has 1 aliphatic carbocycles. The van der Waals surface area contributed by atoms with Gasteiger partial charge < -0.3 is 9.47 Å². The summed E-state index contributed by atoms with van der Waals surface area (Å²) in [5.41, 5.74) is 5.80. The van der Waals surface area contributed by atoms with E-state index in [4.69, 9.17) is 15.2 Å². The van der Waals surface area contributed by atoms with Gasteiger partial charge >= 0.3 is 5.91 Å². The van der Waals surface area contributed by atoms with Gasteiger partial charge in [-0.25, -0.2) is 4.99 Å². The molecule has 0 bridgehead atoms. The Morgan fingerprint density at radius 1 is 1.23 bits per heavy atom. The third-order valence-electron chi connectivity index (χ3n) is 5.19. The fourth-order valence-electron chi connectivity index (χ4n) is 4.20. The molecular weight excluding hydrogens is 280 g/mol. The number of nitrogens with zero attached hydrogens (tertiary/aromatic N) is 2. The van der Waals surface area contributed by atoms with Gasteiger partial charge in [-0.05, 0) is 18.1 Å². The molecule has 3 atom stereocenters. The van der Waals surface area contributed by atoms with Gasteiger partial charge in [0, 0.05) is 5.92 Å². The Balaban J connectivity index is 1.97. The highest BCUT2D eigenvalue weighted by atomic mass is 16.8. The average Bonchev–Trinajstić information content (AvgIpc) is 2.76. The van der Waals surface area contributed by atoms with Crippen LogP contribution < -0.4 is 10.7 Å². The van der Waals surface area contributed by atoms with E-state index in [1.54, 1.807) is 0 Å². The number of nitriles is 2. The summed E-state index contributed by atoms with van der Waals surface area (Å²) in [4.78, 5) is 2.94. The first-order valence-corrected chi connectivity index (χ1v) is 7.16. The van der Waals surface area contributed by atoms with Crippen molar-refractivity contribution in [3.05, 3.63) is 35.4 Å².